The number of nitrogens with zero attached hydrogens (tertiary/aromatic N) is 1. The first kappa shape index (κ1) is 22.3. The van der Waals surface area contributed by atoms with Crippen molar-refractivity contribution < 1.29 is 27.2 Å². The SMILES string of the molecule is Cc1ccc(S(=O)(=O)OC[C@H](O)[C@@H]2CCCCN2C(=O)OCc2ccccc2)cc1. The van der Waals surface area contributed by atoms with Gasteiger partial charge in [-0.05, 0) is 43.9 Å². The number of aryl methyl sites for hydroxylation is 1. The Balaban J connectivity index is 1.59. The molecule has 0 spiro atoms. The first-order valence-corrected chi connectivity index (χ1v) is 11.4. The number of hydrogen-bond donors (Lipinski definition) is 1. The lowest BCUT2D eigenvalue weighted by Gasteiger charge is -2.37. The molecule has 1 N–H and O–H groups in total. The molecule has 1 aliphatic rings. The van der Waals surface area contributed by atoms with Gasteiger partial charge in [0.25, 0.3) is 10.1 Å². The van der Waals surface area contributed by atoms with E-state index in [2.05, 4.69) is 0 Å². The van der Waals surface area contributed by atoms with Gasteiger partial charge in [-0.1, -0.05) is 48.0 Å². The van der Waals surface area contributed by atoms with Gasteiger partial charge in [0.1, 0.15) is 6.61 Å². The fraction of sp³-hybridized carbons (Fsp3) is 0.409. The van der Waals surface area contributed by atoms with E-state index in [9.17, 15) is 18.3 Å². The van der Waals surface area contributed by atoms with E-state index < -0.39 is 35.0 Å². The van der Waals surface area contributed by atoms with Crippen molar-refractivity contribution >= 4 is 16.2 Å². The minimum Gasteiger partial charge on any atom is -0.445 e. The van der Waals surface area contributed by atoms with Crippen LogP contribution in [0, 0.1) is 6.92 Å². The number of carbonyl (C=O) groups is 1. The Morgan fingerprint density at radius 2 is 1.83 bits per heavy atom. The summed E-state index contributed by atoms with van der Waals surface area (Å²) in [4.78, 5) is 14.1. The average molecular weight is 434 g/mol. The molecule has 1 fully saturated rings. The number of aliphatic hydroxyl groups excluding tert-OH is 1. The van der Waals surface area contributed by atoms with Crippen LogP contribution in [0.25, 0.3) is 0 Å². The minimum atomic E-state index is -3.99. The third-order valence-corrected chi connectivity index (χ3v) is 6.43. The molecule has 7 nitrogen and oxygen atoms in total. The van der Waals surface area contributed by atoms with Crippen molar-refractivity contribution in [2.45, 2.75) is 49.8 Å². The second-order valence-electron chi connectivity index (χ2n) is 7.42. The van der Waals surface area contributed by atoms with Crippen molar-refractivity contribution in [2.75, 3.05) is 13.2 Å². The van der Waals surface area contributed by atoms with Crippen LogP contribution < -0.4 is 0 Å². The summed E-state index contributed by atoms with van der Waals surface area (Å²) in [5, 5.41) is 10.6. The molecule has 1 aliphatic heterocycles. The third kappa shape index (κ3) is 5.81. The summed E-state index contributed by atoms with van der Waals surface area (Å²) in [6, 6.07) is 15.1. The first-order valence-electron chi connectivity index (χ1n) is 9.98. The van der Waals surface area contributed by atoms with E-state index in [0.717, 1.165) is 24.0 Å². The van der Waals surface area contributed by atoms with E-state index in [4.69, 9.17) is 8.92 Å². The lowest BCUT2D eigenvalue weighted by atomic mass is 9.98. The van der Waals surface area contributed by atoms with Crippen LogP contribution in [0.5, 0.6) is 0 Å². The maximum Gasteiger partial charge on any atom is 0.410 e. The quantitative estimate of drug-likeness (QED) is 0.674. The molecular formula is C22H27NO6S. The number of aliphatic hydroxyl groups is 1. The molecule has 2 aromatic carbocycles. The summed E-state index contributed by atoms with van der Waals surface area (Å²) >= 11 is 0. The van der Waals surface area contributed by atoms with Crippen LogP contribution in [-0.2, 0) is 25.6 Å². The third-order valence-electron chi connectivity index (χ3n) is 5.14. The standard InChI is InChI=1S/C22H27NO6S/c1-17-10-12-19(13-11-17)30(26,27)29-16-21(24)20-9-5-6-14-23(20)22(25)28-15-18-7-3-2-4-8-18/h2-4,7-8,10-13,20-21,24H,5-6,9,14-16H2,1H3/t20-,21-/m0/s1. The van der Waals surface area contributed by atoms with Crippen LogP contribution >= 0.6 is 0 Å². The van der Waals surface area contributed by atoms with Crippen LogP contribution in [0.3, 0.4) is 0 Å². The second-order valence-corrected chi connectivity index (χ2v) is 9.03. The van der Waals surface area contributed by atoms with Gasteiger partial charge in [-0.25, -0.2) is 4.79 Å². The van der Waals surface area contributed by atoms with Crippen LogP contribution in [0.15, 0.2) is 59.5 Å². The van der Waals surface area contributed by atoms with Crippen molar-refractivity contribution in [2.24, 2.45) is 0 Å². The van der Waals surface area contributed by atoms with E-state index in [0.29, 0.717) is 13.0 Å². The lowest BCUT2D eigenvalue weighted by Crippen LogP contribution is -2.51. The predicted octanol–water partition coefficient (Wildman–Crippen LogP) is 3.25. The molecule has 0 saturated carbocycles. The molecule has 1 saturated heterocycles. The highest BCUT2D eigenvalue weighted by molar-refractivity contribution is 7.86. The Morgan fingerprint density at radius 1 is 1.13 bits per heavy atom. The predicted molar refractivity (Wildman–Crippen MR) is 111 cm³/mol. The number of benzene rings is 2. The van der Waals surface area contributed by atoms with Gasteiger partial charge in [0.05, 0.1) is 23.6 Å². The van der Waals surface area contributed by atoms with Gasteiger partial charge in [0.2, 0.25) is 0 Å². The van der Waals surface area contributed by atoms with Gasteiger partial charge < -0.3 is 14.7 Å². The van der Waals surface area contributed by atoms with Crippen molar-refractivity contribution in [3.63, 3.8) is 0 Å². The Bertz CT molecular complexity index is 930. The van der Waals surface area contributed by atoms with E-state index in [1.807, 2.05) is 37.3 Å². The highest BCUT2D eigenvalue weighted by Gasteiger charge is 2.34. The summed E-state index contributed by atoms with van der Waals surface area (Å²) in [6.45, 7) is 2.01. The topological polar surface area (TPSA) is 93.1 Å². The van der Waals surface area contributed by atoms with Gasteiger partial charge in [-0.2, -0.15) is 8.42 Å². The molecule has 8 heteroatoms. The molecule has 0 unspecified atom stereocenters. The van der Waals surface area contributed by atoms with E-state index >= 15 is 0 Å². The number of hydrogen-bond acceptors (Lipinski definition) is 6. The minimum absolute atomic E-state index is 0.0306. The Labute approximate surface area is 177 Å². The zero-order chi connectivity index (χ0) is 21.6. The first-order chi connectivity index (χ1) is 14.4. The second kappa shape index (κ2) is 10.1. The normalized spacial score (nSPS) is 18.1. The molecule has 0 aromatic heterocycles. The Morgan fingerprint density at radius 3 is 2.53 bits per heavy atom. The molecule has 30 heavy (non-hydrogen) atoms. The van der Waals surface area contributed by atoms with Gasteiger partial charge >= 0.3 is 6.09 Å². The van der Waals surface area contributed by atoms with Gasteiger partial charge in [-0.3, -0.25) is 4.18 Å². The molecule has 1 heterocycles. The summed E-state index contributed by atoms with van der Waals surface area (Å²) in [7, 11) is -3.99. The highest BCUT2D eigenvalue weighted by atomic mass is 32.2. The van der Waals surface area contributed by atoms with E-state index in [-0.39, 0.29) is 11.5 Å². The number of piperidine rings is 1. The fourth-order valence-electron chi connectivity index (χ4n) is 3.43. The lowest BCUT2D eigenvalue weighted by molar-refractivity contribution is -0.00310. The van der Waals surface area contributed by atoms with Crippen molar-refractivity contribution in [1.29, 1.82) is 0 Å². The summed E-state index contributed by atoms with van der Waals surface area (Å²) in [5.74, 6) is 0. The largest absolute Gasteiger partial charge is 0.445 e. The fourth-order valence-corrected chi connectivity index (χ4v) is 4.35. The van der Waals surface area contributed by atoms with Gasteiger partial charge in [0, 0.05) is 6.54 Å². The van der Waals surface area contributed by atoms with Crippen molar-refractivity contribution in [3.05, 3.63) is 65.7 Å². The molecule has 2 aromatic rings. The van der Waals surface area contributed by atoms with E-state index in [1.54, 1.807) is 12.1 Å². The summed E-state index contributed by atoms with van der Waals surface area (Å²) in [5.41, 5.74) is 1.80. The molecular weight excluding hydrogens is 406 g/mol. The number of amides is 1. The molecule has 0 bridgehead atoms. The molecule has 2 atom stereocenters. The van der Waals surface area contributed by atoms with Gasteiger partial charge in [0.15, 0.2) is 0 Å². The monoisotopic (exact) mass is 433 g/mol. The number of rotatable bonds is 7. The Hall–Kier alpha value is -2.42. The Kier molecular flexibility index (Phi) is 7.47. The van der Waals surface area contributed by atoms with Crippen LogP contribution in [-0.4, -0.2) is 49.8 Å². The van der Waals surface area contributed by atoms with Crippen molar-refractivity contribution in [3.8, 4) is 0 Å². The summed E-state index contributed by atoms with van der Waals surface area (Å²) < 4.78 is 35.2. The van der Waals surface area contributed by atoms with Gasteiger partial charge in [-0.15, -0.1) is 0 Å². The molecule has 162 valence electrons. The molecule has 3 rings (SSSR count). The zero-order valence-electron chi connectivity index (χ0n) is 16.9. The van der Waals surface area contributed by atoms with Crippen LogP contribution in [0.4, 0.5) is 4.79 Å². The smallest absolute Gasteiger partial charge is 0.410 e. The molecule has 0 radical (unpaired) electrons. The number of carbonyl (C=O) groups excluding carboxylic acids is 1. The van der Waals surface area contributed by atoms with Crippen LogP contribution in [0.2, 0.25) is 0 Å². The maximum absolute atomic E-state index is 12.6. The zero-order valence-corrected chi connectivity index (χ0v) is 17.8. The van der Waals surface area contributed by atoms with Crippen molar-refractivity contribution in [1.82, 2.24) is 4.90 Å². The highest BCUT2D eigenvalue weighted by Crippen LogP contribution is 2.23. The van der Waals surface area contributed by atoms with E-state index in [1.165, 1.54) is 17.0 Å². The number of ether oxygens (including phenoxy) is 1. The maximum atomic E-state index is 12.6. The average Bonchev–Trinajstić information content (AvgIpc) is 2.77. The summed E-state index contributed by atoms with van der Waals surface area (Å²) in [6.07, 6.45) is 0.509. The number of likely N-dealkylation sites (tertiary alicyclic amines) is 1. The molecule has 0 aliphatic carbocycles. The molecule has 1 amide bonds. The van der Waals surface area contributed by atoms with Crippen LogP contribution in [0.1, 0.15) is 30.4 Å².